The fourth-order valence-corrected chi connectivity index (χ4v) is 4.42. The van der Waals surface area contributed by atoms with Gasteiger partial charge < -0.3 is 9.90 Å². The maximum absolute atomic E-state index is 13.0. The van der Waals surface area contributed by atoms with Crippen LogP contribution in [0.4, 0.5) is 5.69 Å². The van der Waals surface area contributed by atoms with E-state index < -0.39 is 11.2 Å². The maximum atomic E-state index is 13.0. The van der Waals surface area contributed by atoms with Crippen molar-refractivity contribution < 1.29 is 19.5 Å². The number of thioether (sulfide) groups is 1. The quantitative estimate of drug-likeness (QED) is 0.654. The third-order valence-corrected chi connectivity index (χ3v) is 5.75. The Labute approximate surface area is 159 Å². The van der Waals surface area contributed by atoms with Gasteiger partial charge in [-0.25, -0.2) is 4.90 Å². The number of nitrogens with zero attached hydrogens (tertiary/aromatic N) is 1. The molecule has 0 aliphatic carbocycles. The topological polar surface area (TPSA) is 77.5 Å². The molecule has 1 heterocycles. The highest BCUT2D eigenvalue weighted by atomic mass is 32.2. The van der Waals surface area contributed by atoms with E-state index in [1.165, 1.54) is 11.0 Å². The molecule has 0 aromatic heterocycles. The van der Waals surface area contributed by atoms with Crippen LogP contribution in [0.2, 0.25) is 0 Å². The molecule has 2 amide bonds. The van der Waals surface area contributed by atoms with Gasteiger partial charge in [0.25, 0.3) is 0 Å². The maximum Gasteiger partial charge on any atom is 0.247 e. The number of imide groups is 1. The number of carboxylic acids is 1. The van der Waals surface area contributed by atoms with Crippen LogP contribution < -0.4 is 10.0 Å². The summed E-state index contributed by atoms with van der Waals surface area (Å²) in [6, 6.07) is 19.4. The smallest absolute Gasteiger partial charge is 0.247 e. The zero-order valence-electron chi connectivity index (χ0n) is 14.1. The molecule has 3 aromatic carbocycles. The molecule has 0 bridgehead atoms. The van der Waals surface area contributed by atoms with Crippen LogP contribution in [0, 0.1) is 0 Å². The fourth-order valence-electron chi connectivity index (χ4n) is 3.24. The Balaban J connectivity index is 1.68. The summed E-state index contributed by atoms with van der Waals surface area (Å²) in [5, 5.41) is 12.4. The van der Waals surface area contributed by atoms with Crippen molar-refractivity contribution in [2.75, 3.05) is 4.90 Å². The number of rotatable bonds is 4. The number of anilines is 1. The van der Waals surface area contributed by atoms with Gasteiger partial charge in [-0.2, -0.15) is 0 Å². The number of aromatic carboxylic acids is 1. The van der Waals surface area contributed by atoms with Crippen LogP contribution in [-0.4, -0.2) is 23.0 Å². The first kappa shape index (κ1) is 17.3. The van der Waals surface area contributed by atoms with Crippen molar-refractivity contribution >= 4 is 46.0 Å². The van der Waals surface area contributed by atoms with E-state index in [2.05, 4.69) is 0 Å². The molecule has 1 aliphatic rings. The van der Waals surface area contributed by atoms with Crippen LogP contribution in [0.3, 0.4) is 0 Å². The lowest BCUT2D eigenvalue weighted by atomic mass is 10.1. The summed E-state index contributed by atoms with van der Waals surface area (Å²) < 4.78 is 0. The molecule has 4 rings (SSSR count). The SMILES string of the molecule is O=C([O-])c1ccccc1S[C@H]1CC(=O)N(c2cccc3ccccc23)C1=O. The lowest BCUT2D eigenvalue weighted by Gasteiger charge is -2.18. The predicted molar refractivity (Wildman–Crippen MR) is 101 cm³/mol. The van der Waals surface area contributed by atoms with Gasteiger partial charge in [0.05, 0.1) is 16.9 Å². The van der Waals surface area contributed by atoms with Gasteiger partial charge in [-0.15, -0.1) is 11.8 Å². The van der Waals surface area contributed by atoms with Gasteiger partial charge in [-0.05, 0) is 17.5 Å². The molecule has 1 saturated heterocycles. The van der Waals surface area contributed by atoms with E-state index in [4.69, 9.17) is 0 Å². The number of benzene rings is 3. The molecule has 27 heavy (non-hydrogen) atoms. The van der Waals surface area contributed by atoms with Gasteiger partial charge >= 0.3 is 0 Å². The van der Waals surface area contributed by atoms with Crippen LogP contribution in [0.5, 0.6) is 0 Å². The first-order valence-corrected chi connectivity index (χ1v) is 9.26. The first-order valence-electron chi connectivity index (χ1n) is 8.38. The Morgan fingerprint density at radius 2 is 1.67 bits per heavy atom. The lowest BCUT2D eigenvalue weighted by molar-refractivity contribution is -0.255. The molecule has 0 unspecified atom stereocenters. The number of carbonyl (C=O) groups excluding carboxylic acids is 3. The Bertz CT molecular complexity index is 1070. The molecular formula is C21H14NO4S-. The van der Waals surface area contributed by atoms with Crippen molar-refractivity contribution in [1.29, 1.82) is 0 Å². The Kier molecular flexibility index (Phi) is 4.41. The van der Waals surface area contributed by atoms with Crippen LogP contribution in [0.15, 0.2) is 71.6 Å². The standard InChI is InChI=1S/C21H15NO4S/c23-19-12-18(27-17-11-4-3-9-15(17)21(25)26)20(24)22(19)16-10-5-7-13-6-1-2-8-14(13)16/h1-11,18H,12H2,(H,25,26)/p-1/t18-/m0/s1. The largest absolute Gasteiger partial charge is 0.545 e. The van der Waals surface area contributed by atoms with Gasteiger partial charge in [0, 0.05) is 22.3 Å². The summed E-state index contributed by atoms with van der Waals surface area (Å²) in [6.07, 6.45) is 0.0219. The summed E-state index contributed by atoms with van der Waals surface area (Å²) in [4.78, 5) is 38.5. The molecule has 5 nitrogen and oxygen atoms in total. The van der Waals surface area contributed by atoms with Gasteiger partial charge in [-0.3, -0.25) is 9.59 Å². The number of hydrogen-bond donors (Lipinski definition) is 0. The third kappa shape index (κ3) is 3.08. The van der Waals surface area contributed by atoms with E-state index in [1.807, 2.05) is 36.4 Å². The number of carboxylic acid groups (broad SMARTS) is 1. The van der Waals surface area contributed by atoms with E-state index in [9.17, 15) is 19.5 Å². The summed E-state index contributed by atoms with van der Waals surface area (Å²) in [7, 11) is 0. The normalized spacial score (nSPS) is 16.9. The highest BCUT2D eigenvalue weighted by Crippen LogP contribution is 2.37. The van der Waals surface area contributed by atoms with Crippen molar-refractivity contribution in [1.82, 2.24) is 0 Å². The minimum absolute atomic E-state index is 0.0198. The van der Waals surface area contributed by atoms with E-state index >= 15 is 0 Å². The third-order valence-electron chi connectivity index (χ3n) is 4.49. The fraction of sp³-hybridized carbons (Fsp3) is 0.0952. The van der Waals surface area contributed by atoms with E-state index in [1.54, 1.807) is 24.3 Å². The van der Waals surface area contributed by atoms with Crippen LogP contribution in [0.1, 0.15) is 16.8 Å². The predicted octanol–water partition coefficient (Wildman–Crippen LogP) is 2.63. The second kappa shape index (κ2) is 6.89. The number of fused-ring (bicyclic) bond motifs is 1. The van der Waals surface area contributed by atoms with Crippen molar-refractivity contribution in [3.8, 4) is 0 Å². The van der Waals surface area contributed by atoms with Gasteiger partial charge in [0.15, 0.2) is 0 Å². The Morgan fingerprint density at radius 1 is 0.963 bits per heavy atom. The summed E-state index contributed by atoms with van der Waals surface area (Å²) in [5.74, 6) is -1.94. The first-order chi connectivity index (χ1) is 13.1. The Morgan fingerprint density at radius 3 is 2.48 bits per heavy atom. The van der Waals surface area contributed by atoms with Gasteiger partial charge in [-0.1, -0.05) is 54.6 Å². The van der Waals surface area contributed by atoms with Gasteiger partial charge in [0.2, 0.25) is 11.8 Å². The summed E-state index contributed by atoms with van der Waals surface area (Å²) >= 11 is 1.09. The van der Waals surface area contributed by atoms with Crippen molar-refractivity contribution in [3.05, 3.63) is 72.3 Å². The van der Waals surface area contributed by atoms with E-state index in [-0.39, 0.29) is 23.8 Å². The zero-order chi connectivity index (χ0) is 19.0. The lowest BCUT2D eigenvalue weighted by Crippen LogP contribution is -2.31. The minimum atomic E-state index is -1.30. The molecule has 0 spiro atoms. The molecule has 0 radical (unpaired) electrons. The molecule has 0 N–H and O–H groups in total. The van der Waals surface area contributed by atoms with E-state index in [0.29, 0.717) is 10.6 Å². The number of hydrogen-bond acceptors (Lipinski definition) is 5. The molecular weight excluding hydrogens is 362 g/mol. The molecule has 6 heteroatoms. The van der Waals surface area contributed by atoms with Crippen molar-refractivity contribution in [2.45, 2.75) is 16.6 Å². The summed E-state index contributed by atoms with van der Waals surface area (Å²) in [6.45, 7) is 0. The molecule has 0 saturated carbocycles. The van der Waals surface area contributed by atoms with Crippen molar-refractivity contribution in [2.24, 2.45) is 0 Å². The van der Waals surface area contributed by atoms with E-state index in [0.717, 1.165) is 22.5 Å². The summed E-state index contributed by atoms with van der Waals surface area (Å²) in [5.41, 5.74) is 0.575. The molecule has 1 atom stereocenters. The second-order valence-electron chi connectivity index (χ2n) is 6.16. The molecule has 3 aromatic rings. The van der Waals surface area contributed by atoms with Crippen LogP contribution >= 0.6 is 11.8 Å². The van der Waals surface area contributed by atoms with Crippen LogP contribution in [-0.2, 0) is 9.59 Å². The molecule has 134 valence electrons. The Hall–Kier alpha value is -3.12. The average molecular weight is 376 g/mol. The van der Waals surface area contributed by atoms with Gasteiger partial charge in [0.1, 0.15) is 0 Å². The molecule has 1 fully saturated rings. The monoisotopic (exact) mass is 376 g/mol. The zero-order valence-corrected chi connectivity index (χ0v) is 14.9. The number of amides is 2. The highest BCUT2D eigenvalue weighted by Gasteiger charge is 2.40. The average Bonchev–Trinajstić information content (AvgIpc) is 2.95. The van der Waals surface area contributed by atoms with Crippen molar-refractivity contribution in [3.63, 3.8) is 0 Å². The minimum Gasteiger partial charge on any atom is -0.545 e. The number of carbonyl (C=O) groups is 3. The van der Waals surface area contributed by atoms with Crippen LogP contribution in [0.25, 0.3) is 10.8 Å². The molecule has 1 aliphatic heterocycles. The second-order valence-corrected chi connectivity index (χ2v) is 7.40. The highest BCUT2D eigenvalue weighted by molar-refractivity contribution is 8.00.